The second-order valence-corrected chi connectivity index (χ2v) is 19.2. The third kappa shape index (κ3) is 15.8. The Kier molecular flexibility index (Phi) is 8.87. The van der Waals surface area contributed by atoms with Crippen LogP contribution >= 0.6 is 0 Å². The molecule has 0 radical (unpaired) electrons. The van der Waals surface area contributed by atoms with Gasteiger partial charge in [0.2, 0.25) is 28.5 Å². The van der Waals surface area contributed by atoms with E-state index in [0.29, 0.717) is 11.1 Å². The molecule has 0 amide bonds. The highest BCUT2D eigenvalue weighted by Gasteiger charge is 2.19. The molecule has 5 heterocycles. The Morgan fingerprint density at radius 1 is 0.305 bits per heavy atom. The lowest BCUT2D eigenvalue weighted by Gasteiger charge is -2.09. The molecule has 0 aliphatic heterocycles. The second-order valence-electron chi connectivity index (χ2n) is 19.2. The van der Waals surface area contributed by atoms with E-state index in [9.17, 15) is 0 Å². The zero-order chi connectivity index (χ0) is 97.8. The topological polar surface area (TPSA) is 19.4 Å². The van der Waals surface area contributed by atoms with Gasteiger partial charge in [-0.3, -0.25) is 0 Å². The van der Waals surface area contributed by atoms with E-state index in [0.717, 1.165) is 26.0 Å². The Morgan fingerprint density at radius 2 is 0.817 bits per heavy atom. The lowest BCUT2D eigenvalue weighted by molar-refractivity contribution is -0.660. The maximum absolute atomic E-state index is 8.44. The van der Waals surface area contributed by atoms with Crippen LogP contribution in [0.15, 0.2) is 170 Å². The van der Waals surface area contributed by atoms with Gasteiger partial charge in [0.1, 0.15) is 40.7 Å². The third-order valence-electron chi connectivity index (χ3n) is 12.7. The van der Waals surface area contributed by atoms with Crippen molar-refractivity contribution < 1.29 is 83.1 Å². The van der Waals surface area contributed by atoms with Crippen LogP contribution in [0.3, 0.4) is 0 Å². The van der Waals surface area contributed by atoms with Crippen LogP contribution in [0.4, 0.5) is 0 Å². The number of aryl methyl sites for hydroxylation is 4. The molecule has 422 valence electrons. The first-order valence-corrected chi connectivity index (χ1v) is 25.4. The van der Waals surface area contributed by atoms with Crippen LogP contribution in [0.25, 0.3) is 56.3 Å². The van der Waals surface area contributed by atoms with E-state index in [1.54, 1.807) is 37.4 Å². The minimum atomic E-state index is -2.76. The monoisotopic (exact) mass is 1130 g/mol. The normalized spacial score (nSPS) is 19.4. The molecule has 0 aliphatic rings. The number of aromatic nitrogens is 5. The summed E-state index contributed by atoms with van der Waals surface area (Å²) in [6.07, 6.45) is 0.184. The fourth-order valence-corrected chi connectivity index (χ4v) is 8.17. The van der Waals surface area contributed by atoms with Crippen LogP contribution in [0.5, 0.6) is 0 Å². The molecule has 0 N–H and O–H groups in total. The van der Waals surface area contributed by atoms with Crippen molar-refractivity contribution in [3.63, 3.8) is 0 Å². The highest BCUT2D eigenvalue weighted by Crippen LogP contribution is 2.28. The van der Waals surface area contributed by atoms with Gasteiger partial charge in [0, 0.05) is 115 Å². The van der Waals surface area contributed by atoms with Crippen LogP contribution in [0.1, 0.15) is 155 Å². The van der Waals surface area contributed by atoms with Crippen molar-refractivity contribution in [2.45, 2.75) is 117 Å². The molecule has 5 nitrogen and oxygen atoms in total. The Hall–Kier alpha value is -8.15. The first kappa shape index (κ1) is 26.0. The standard InChI is InChI=1S/2C16H20N.3C15H18N/c1-11-6-7-16(17(5)10-11)15-9-13(3)12(2)8-14(15)4;1-11-6-7-15(13(3)10-11)16-14(4)12(2)8-9-17(16)5;1-11-5-7-13(3)14(9-11)15-8-6-12(2)10-16(15)4;1-11-9-13(3)14(10-12(11)2)15-7-5-6-8-16(15)4;1-11-7-5-6-8-14(11)15-9-12(2)13(3)10-16(15)4/h2*6-10H,1-5H3;3*5-10H,1-4H3/q5*+1/i1D3,2D3,6D,7D,8D,9D,10D;1D3,2D3;2D3,5D,6D,7D,8D,9D,10D;1D3,5D,6D,7D,8D,9D,10D;3D3,5D,6D,7D,8D,9D,10D. The summed E-state index contributed by atoms with van der Waals surface area (Å²) < 4.78 is 352. The summed E-state index contributed by atoms with van der Waals surface area (Å²) in [5.41, 5.74) is 3.83. The highest BCUT2D eigenvalue weighted by atomic mass is 14.9. The minimum Gasteiger partial charge on any atom is -0.201 e. The van der Waals surface area contributed by atoms with Gasteiger partial charge in [0.25, 0.3) is 0 Å². The largest absolute Gasteiger partial charge is 0.215 e. The zero-order valence-corrected chi connectivity index (χ0v) is 48.6. The Morgan fingerprint density at radius 3 is 1.39 bits per heavy atom. The van der Waals surface area contributed by atoms with E-state index >= 15 is 0 Å². The van der Waals surface area contributed by atoms with Gasteiger partial charge in [-0.25, -0.2) is 22.8 Å². The molecule has 0 saturated carbocycles. The highest BCUT2D eigenvalue weighted by molar-refractivity contribution is 5.67. The Bertz CT molecular complexity index is 5400. The number of hydrogen-bond acceptors (Lipinski definition) is 0. The van der Waals surface area contributed by atoms with E-state index < -0.39 is 114 Å². The molecular formula is C77H94N5+5. The Labute approximate surface area is 556 Å². The minimum absolute atomic E-state index is 0.0297. The SMILES string of the molecule is [2H]C([2H])([2H])c1ccc(-c2c(C)c(C([2H])([2H])[2H])cc[n+]2C)c(C)c1.[2H]c1c(C)c(C([2H])([2H])[2H])c([2H])c(C)c1-c1c([2H])c([2H])c(C([2H])([2H])[2H])c([2H])[n+]1C.[2H]c1c([2H])c(C)c(-c2c([2H])c([2H])c(C([2H])([2H])[2H])c([2H])[n+]2C)c([2H])c1C.[2H]c1c([2H])c([2H])[n+](C)c(-c2c([2H])c(C)c(C([2H])([2H])[2H])c([2H])c2C)c1[2H].[2H]c1c([2H])c([2H])c(-c2c([2H])c(C)c(C([2H])([2H])[2H])c([2H])[n+]2C)c(C)c1[2H]. The van der Waals surface area contributed by atoms with Crippen molar-refractivity contribution in [3.05, 3.63) is 265 Å². The van der Waals surface area contributed by atoms with Crippen molar-refractivity contribution >= 4 is 0 Å². The molecule has 10 rings (SSSR count). The van der Waals surface area contributed by atoms with E-state index in [-0.39, 0.29) is 197 Å². The van der Waals surface area contributed by atoms with Gasteiger partial charge in [0.05, 0.1) is 26.0 Å². The number of hydrogen-bond donors (Lipinski definition) is 0. The molecule has 5 heteroatoms. The lowest BCUT2D eigenvalue weighted by Crippen LogP contribution is -2.32. The molecule has 0 fully saturated rings. The molecule has 5 aromatic carbocycles. The molecule has 0 spiro atoms. The van der Waals surface area contributed by atoms with Crippen molar-refractivity contribution in [3.8, 4) is 56.3 Å². The summed E-state index contributed by atoms with van der Waals surface area (Å²) in [6.45, 7) is -2.09. The van der Waals surface area contributed by atoms with Gasteiger partial charge in [-0.05, 0) is 227 Å². The maximum atomic E-state index is 8.44. The summed E-state index contributed by atoms with van der Waals surface area (Å²) in [5.74, 6) is 0. The average molecular weight is 1130 g/mol. The van der Waals surface area contributed by atoms with Crippen molar-refractivity contribution in [2.75, 3.05) is 0 Å². The van der Waals surface area contributed by atoms with Crippen LogP contribution in [-0.2, 0) is 35.2 Å². The van der Waals surface area contributed by atoms with Crippen LogP contribution in [0, 0.1) is 117 Å². The number of pyridine rings is 5. The number of nitrogens with zero attached hydrogens (tertiary/aromatic N) is 5. The van der Waals surface area contributed by atoms with Gasteiger partial charge in [-0.1, -0.05) is 65.6 Å². The smallest absolute Gasteiger partial charge is 0.201 e. The molecule has 0 atom stereocenters. The van der Waals surface area contributed by atoms with Gasteiger partial charge in [-0.15, -0.1) is 0 Å². The fourth-order valence-electron chi connectivity index (χ4n) is 8.17. The predicted octanol–water partition coefficient (Wildman–Crippen LogP) is 16.1. The lowest BCUT2D eigenvalue weighted by atomic mass is 9.97. The molecule has 0 unspecified atom stereocenters. The molecule has 0 aliphatic carbocycles. The zero-order valence-electron chi connectivity index (χ0n) is 92.6. The quantitative estimate of drug-likeness (QED) is 0.153. The Balaban J connectivity index is 0.000000244. The number of benzene rings is 5. The summed E-state index contributed by atoms with van der Waals surface area (Å²) in [6, 6.07) is 0.556. The van der Waals surface area contributed by atoms with Crippen molar-refractivity contribution in [2.24, 2.45) is 35.2 Å². The van der Waals surface area contributed by atoms with Crippen LogP contribution in [-0.4, -0.2) is 0 Å². The van der Waals surface area contributed by atoms with Crippen molar-refractivity contribution in [1.82, 2.24) is 0 Å². The summed E-state index contributed by atoms with van der Waals surface area (Å²) >= 11 is 0. The van der Waals surface area contributed by atoms with Crippen LogP contribution < -0.4 is 22.8 Å². The molecule has 10 aromatic rings. The predicted molar refractivity (Wildman–Crippen MR) is 346 cm³/mol. The van der Waals surface area contributed by atoms with E-state index in [4.69, 9.17) is 60.3 Å². The molecular weight excluding hydrogens is 995 g/mol. The molecule has 0 saturated heterocycles. The molecule has 82 heavy (non-hydrogen) atoms. The fraction of sp³-hybridized carbons (Fsp3) is 0.286. The third-order valence-corrected chi connectivity index (χ3v) is 12.7. The second kappa shape index (κ2) is 28.0. The first-order chi connectivity index (χ1) is 56.9. The van der Waals surface area contributed by atoms with E-state index in [1.807, 2.05) is 18.5 Å². The number of rotatable bonds is 5. The van der Waals surface area contributed by atoms with Gasteiger partial charge in [-0.2, -0.15) is 0 Å². The van der Waals surface area contributed by atoms with Gasteiger partial charge >= 0.3 is 0 Å². The molecule has 5 aromatic heterocycles. The maximum Gasteiger partial charge on any atom is 0.215 e. The van der Waals surface area contributed by atoms with E-state index in [1.165, 1.54) is 92.7 Å². The van der Waals surface area contributed by atoms with Crippen molar-refractivity contribution in [1.29, 1.82) is 0 Å². The van der Waals surface area contributed by atoms with E-state index in [2.05, 4.69) is 0 Å². The van der Waals surface area contributed by atoms with Gasteiger partial charge in [0.15, 0.2) is 30.9 Å². The summed E-state index contributed by atoms with van der Waals surface area (Å²) in [4.78, 5) is 0. The van der Waals surface area contributed by atoms with Gasteiger partial charge < -0.3 is 0 Å². The first-order valence-electron chi connectivity index (χ1n) is 47.4. The summed E-state index contributed by atoms with van der Waals surface area (Å²) in [7, 11) is 7.47. The average Bonchev–Trinajstić information content (AvgIpc) is 0.737. The van der Waals surface area contributed by atoms with Crippen LogP contribution in [0.2, 0.25) is 0 Å². The molecule has 0 bridgehead atoms. The summed E-state index contributed by atoms with van der Waals surface area (Å²) in [5, 5.41) is 0.